The number of rotatable bonds is 7. The molecule has 3 aliphatic heterocycles. The molecule has 2 aromatic carbocycles. The summed E-state index contributed by atoms with van der Waals surface area (Å²) in [4.78, 5) is 42.9. The monoisotopic (exact) mass is 636 g/mol. The zero-order valence-electron chi connectivity index (χ0n) is 24.9. The Morgan fingerprint density at radius 3 is 2.34 bits per heavy atom. The maximum absolute atomic E-state index is 13.8. The highest BCUT2D eigenvalue weighted by Crippen LogP contribution is 2.31. The molecule has 232 valence electrons. The van der Waals surface area contributed by atoms with E-state index in [4.69, 9.17) is 34.7 Å². The van der Waals surface area contributed by atoms with Crippen LogP contribution in [0.15, 0.2) is 42.5 Å². The number of hydrogen-bond acceptors (Lipinski definition) is 8. The number of nitrogens with zero attached hydrogens (tertiary/aromatic N) is 6. The number of amides is 2. The summed E-state index contributed by atoms with van der Waals surface area (Å²) in [6.07, 6.45) is 2.77. The van der Waals surface area contributed by atoms with Gasteiger partial charge in [-0.15, -0.1) is 0 Å². The van der Waals surface area contributed by atoms with Crippen LogP contribution in [0.25, 0.3) is 0 Å². The zero-order chi connectivity index (χ0) is 31.0. The van der Waals surface area contributed by atoms with Gasteiger partial charge in [0.05, 0.1) is 0 Å². The van der Waals surface area contributed by atoms with Crippen molar-refractivity contribution in [3.8, 4) is 0 Å². The summed E-state index contributed by atoms with van der Waals surface area (Å²) in [7, 11) is 0. The largest absolute Gasteiger partial charge is 0.382 e. The van der Waals surface area contributed by atoms with Crippen LogP contribution in [0.2, 0.25) is 10.2 Å². The van der Waals surface area contributed by atoms with E-state index in [-0.39, 0.29) is 28.6 Å². The van der Waals surface area contributed by atoms with Crippen molar-refractivity contribution >= 4 is 46.7 Å². The fraction of sp³-hybridized carbons (Fsp3) is 0.438. The summed E-state index contributed by atoms with van der Waals surface area (Å²) in [6, 6.07) is 14.8. The van der Waals surface area contributed by atoms with E-state index in [2.05, 4.69) is 55.9 Å². The Kier molecular flexibility index (Phi) is 8.96. The van der Waals surface area contributed by atoms with Crippen molar-refractivity contribution in [2.24, 2.45) is 5.73 Å². The number of primary amides is 1. The van der Waals surface area contributed by atoms with Gasteiger partial charge in [-0.1, -0.05) is 54.4 Å². The van der Waals surface area contributed by atoms with Gasteiger partial charge in [-0.05, 0) is 54.2 Å². The number of nitrogens with two attached hydrogens (primary N) is 2. The smallest absolute Gasteiger partial charge is 0.271 e. The number of benzene rings is 2. The molecule has 0 radical (unpaired) electrons. The lowest BCUT2D eigenvalue weighted by atomic mass is 9.97. The summed E-state index contributed by atoms with van der Waals surface area (Å²) >= 11 is 12.8. The Morgan fingerprint density at radius 2 is 1.68 bits per heavy atom. The molecule has 3 aliphatic rings. The molecule has 2 amide bonds. The summed E-state index contributed by atoms with van der Waals surface area (Å²) in [6.45, 7) is 8.27. The molecule has 1 atom stereocenters. The second-order valence-corrected chi connectivity index (χ2v) is 12.7. The number of piperazine rings is 1. The number of fused-ring (bicyclic) bond motifs is 1. The first-order valence-corrected chi connectivity index (χ1v) is 16.0. The second kappa shape index (κ2) is 12.9. The van der Waals surface area contributed by atoms with Gasteiger partial charge in [0.2, 0.25) is 0 Å². The summed E-state index contributed by atoms with van der Waals surface area (Å²) in [5, 5.41) is 0.773. The highest BCUT2D eigenvalue weighted by atomic mass is 35.5. The minimum Gasteiger partial charge on any atom is -0.382 e. The lowest BCUT2D eigenvalue weighted by Gasteiger charge is -2.47. The predicted molar refractivity (Wildman–Crippen MR) is 173 cm³/mol. The number of likely N-dealkylation sites (tertiary alicyclic amines) is 1. The third-order valence-corrected chi connectivity index (χ3v) is 9.70. The van der Waals surface area contributed by atoms with Crippen LogP contribution < -0.4 is 16.4 Å². The Morgan fingerprint density at radius 1 is 0.977 bits per heavy atom. The van der Waals surface area contributed by atoms with Crippen molar-refractivity contribution in [1.29, 1.82) is 0 Å². The van der Waals surface area contributed by atoms with Gasteiger partial charge >= 0.3 is 0 Å². The van der Waals surface area contributed by atoms with Crippen LogP contribution in [0, 0.1) is 0 Å². The molecule has 44 heavy (non-hydrogen) atoms. The van der Waals surface area contributed by atoms with Gasteiger partial charge in [-0.25, -0.2) is 9.97 Å². The van der Waals surface area contributed by atoms with Gasteiger partial charge in [-0.2, -0.15) is 0 Å². The van der Waals surface area contributed by atoms with Crippen LogP contribution >= 0.6 is 23.2 Å². The molecule has 10 nitrogen and oxygen atoms in total. The average Bonchev–Trinajstić information content (AvgIpc) is 3.44. The predicted octanol–water partition coefficient (Wildman–Crippen LogP) is 4.19. The first-order chi connectivity index (χ1) is 21.2. The summed E-state index contributed by atoms with van der Waals surface area (Å²) in [5.74, 6) is -0.216. The minimum atomic E-state index is -0.755. The van der Waals surface area contributed by atoms with E-state index < -0.39 is 5.91 Å². The first-order valence-electron chi connectivity index (χ1n) is 15.2. The van der Waals surface area contributed by atoms with E-state index in [0.717, 1.165) is 50.0 Å². The van der Waals surface area contributed by atoms with Gasteiger partial charge in [0.15, 0.2) is 22.5 Å². The molecule has 0 spiro atoms. The van der Waals surface area contributed by atoms with Crippen LogP contribution in [0.4, 0.5) is 11.6 Å². The SMILES string of the molecule is CC[C@H]1CN(c2nc(N)c(C(N)=O)nc2Cl)CCN1C1CCN(C(=O)c2ccc(Cl)cc2CN2Cc3ccccc3C2)CC1. The van der Waals surface area contributed by atoms with Gasteiger partial charge in [0, 0.05) is 75.0 Å². The van der Waals surface area contributed by atoms with E-state index in [1.165, 1.54) is 11.1 Å². The molecule has 1 aromatic heterocycles. The molecule has 12 heteroatoms. The first kappa shape index (κ1) is 30.6. The number of carbonyl (C=O) groups excluding carboxylic acids is 2. The standard InChI is InChI=1S/C32H38Cl2N8O2/c1-2-24-19-41(31-28(34)37-27(30(36)43)29(35)38-31)13-14-42(24)25-9-11-40(12-10-25)32(44)26-8-7-23(33)15-22(26)18-39-16-20-5-3-4-6-21(20)17-39/h3-8,15,24-25H,2,9-14,16-19H2,1H3,(H2,35,38)(H2,36,43)/t24-/m0/s1. The van der Waals surface area contributed by atoms with Gasteiger partial charge in [0.25, 0.3) is 11.8 Å². The molecule has 2 fully saturated rings. The fourth-order valence-corrected chi connectivity index (χ4v) is 7.38. The van der Waals surface area contributed by atoms with Crippen molar-refractivity contribution in [1.82, 2.24) is 24.7 Å². The lowest BCUT2D eigenvalue weighted by Crippen LogP contribution is -2.58. The number of piperidine rings is 1. The quantitative estimate of drug-likeness (QED) is 0.396. The molecule has 3 aromatic rings. The summed E-state index contributed by atoms with van der Waals surface area (Å²) in [5.41, 5.74) is 15.6. The average molecular weight is 638 g/mol. The maximum atomic E-state index is 13.8. The van der Waals surface area contributed by atoms with E-state index in [0.29, 0.717) is 49.6 Å². The van der Waals surface area contributed by atoms with Crippen molar-refractivity contribution in [2.75, 3.05) is 43.4 Å². The highest BCUT2D eigenvalue weighted by molar-refractivity contribution is 6.32. The lowest BCUT2D eigenvalue weighted by molar-refractivity contribution is 0.0489. The van der Waals surface area contributed by atoms with Crippen molar-refractivity contribution in [3.63, 3.8) is 0 Å². The number of aromatic nitrogens is 2. The molecule has 0 saturated carbocycles. The molecule has 4 heterocycles. The van der Waals surface area contributed by atoms with Crippen LogP contribution in [0.5, 0.6) is 0 Å². The number of halogens is 2. The number of hydrogen-bond donors (Lipinski definition) is 2. The molecule has 4 N–H and O–H groups in total. The molecular weight excluding hydrogens is 599 g/mol. The number of anilines is 2. The molecule has 2 saturated heterocycles. The molecule has 6 rings (SSSR count). The van der Waals surface area contributed by atoms with E-state index in [1.54, 1.807) is 0 Å². The molecule has 0 aliphatic carbocycles. The number of carbonyl (C=O) groups is 2. The Bertz CT molecular complexity index is 1540. The van der Waals surface area contributed by atoms with Crippen LogP contribution in [0.1, 0.15) is 63.7 Å². The van der Waals surface area contributed by atoms with Gasteiger partial charge in [0.1, 0.15) is 0 Å². The van der Waals surface area contributed by atoms with E-state index in [1.807, 2.05) is 23.1 Å². The Labute approximate surface area is 267 Å². The third-order valence-electron chi connectivity index (χ3n) is 9.21. The van der Waals surface area contributed by atoms with Gasteiger partial charge < -0.3 is 21.3 Å². The van der Waals surface area contributed by atoms with Crippen LogP contribution in [0.3, 0.4) is 0 Å². The number of nitrogen functional groups attached to an aromatic ring is 1. The minimum absolute atomic E-state index is 0.0150. The van der Waals surface area contributed by atoms with Gasteiger partial charge in [-0.3, -0.25) is 19.4 Å². The third kappa shape index (κ3) is 6.21. The Hall–Kier alpha value is -3.44. The highest BCUT2D eigenvalue weighted by Gasteiger charge is 2.36. The fourth-order valence-electron chi connectivity index (χ4n) is 6.94. The Balaban J connectivity index is 1.08. The van der Waals surface area contributed by atoms with Crippen LogP contribution in [-0.4, -0.2) is 81.3 Å². The van der Waals surface area contributed by atoms with E-state index in [9.17, 15) is 9.59 Å². The summed E-state index contributed by atoms with van der Waals surface area (Å²) < 4.78 is 0. The van der Waals surface area contributed by atoms with Crippen molar-refractivity contribution in [2.45, 2.75) is 57.9 Å². The molecular formula is C32H38Cl2N8O2. The second-order valence-electron chi connectivity index (χ2n) is 11.9. The topological polar surface area (TPSA) is 125 Å². The van der Waals surface area contributed by atoms with Crippen LogP contribution in [-0.2, 0) is 19.6 Å². The molecule has 0 unspecified atom stereocenters. The zero-order valence-corrected chi connectivity index (χ0v) is 26.4. The molecule has 0 bridgehead atoms. The maximum Gasteiger partial charge on any atom is 0.271 e. The van der Waals surface area contributed by atoms with Crippen molar-refractivity contribution < 1.29 is 9.59 Å². The van der Waals surface area contributed by atoms with E-state index >= 15 is 0 Å². The van der Waals surface area contributed by atoms with Crippen molar-refractivity contribution in [3.05, 3.63) is 80.6 Å². The normalized spacial score (nSPS) is 19.8.